The highest BCUT2D eigenvalue weighted by Gasteiger charge is 2.31. The summed E-state index contributed by atoms with van der Waals surface area (Å²) in [6, 6.07) is 9.21. The second kappa shape index (κ2) is 8.19. The van der Waals surface area contributed by atoms with E-state index in [1.165, 1.54) is 25.1 Å². The van der Waals surface area contributed by atoms with Crippen LogP contribution >= 0.6 is 11.3 Å². The van der Waals surface area contributed by atoms with Crippen molar-refractivity contribution in [2.45, 2.75) is 32.9 Å². The summed E-state index contributed by atoms with van der Waals surface area (Å²) in [5.74, 6) is -1.37. The molecule has 1 amide bonds. The predicted molar refractivity (Wildman–Crippen MR) is 118 cm³/mol. The third-order valence-electron chi connectivity index (χ3n) is 4.58. The summed E-state index contributed by atoms with van der Waals surface area (Å²) in [5.41, 5.74) is 0.971. The Hall–Kier alpha value is -2.72. The first-order valence-corrected chi connectivity index (χ1v) is 11.9. The lowest BCUT2D eigenvalue weighted by Crippen LogP contribution is -2.45. The van der Waals surface area contributed by atoms with Gasteiger partial charge in [-0.1, -0.05) is 23.5 Å². The molecule has 3 rings (SSSR count). The minimum atomic E-state index is -3.93. The SMILES string of the molecule is CC(C)n1c(=O)sc2cc(NC(=O)[C@@H](C)N(c3ccccc3F)S(C)(=O)=O)ccc21. The number of nitrogens with one attached hydrogen (secondary N) is 1. The van der Waals surface area contributed by atoms with Crippen LogP contribution in [-0.2, 0) is 14.8 Å². The van der Waals surface area contributed by atoms with E-state index in [1.807, 2.05) is 13.8 Å². The Kier molecular flexibility index (Phi) is 6.00. The van der Waals surface area contributed by atoms with E-state index >= 15 is 0 Å². The van der Waals surface area contributed by atoms with Gasteiger partial charge >= 0.3 is 4.87 Å². The van der Waals surface area contributed by atoms with Crippen LogP contribution in [0.15, 0.2) is 47.3 Å². The molecule has 1 aromatic heterocycles. The molecule has 0 aliphatic rings. The third-order valence-corrected chi connectivity index (χ3v) is 6.72. The van der Waals surface area contributed by atoms with E-state index in [9.17, 15) is 22.4 Å². The van der Waals surface area contributed by atoms with Crippen LogP contribution in [0.2, 0.25) is 0 Å². The zero-order valence-corrected chi connectivity index (χ0v) is 18.6. The number of hydrogen-bond donors (Lipinski definition) is 1. The fraction of sp³-hybridized carbons (Fsp3) is 0.300. The molecule has 1 atom stereocenters. The molecule has 0 spiro atoms. The molecule has 0 aliphatic heterocycles. The smallest absolute Gasteiger partial charge is 0.308 e. The first kappa shape index (κ1) is 22.0. The topological polar surface area (TPSA) is 88.5 Å². The summed E-state index contributed by atoms with van der Waals surface area (Å²) in [5, 5.41) is 2.66. The number of aromatic nitrogens is 1. The van der Waals surface area contributed by atoms with Crippen LogP contribution in [0.25, 0.3) is 10.2 Å². The Balaban J connectivity index is 1.92. The number of nitrogens with zero attached hydrogens (tertiary/aromatic N) is 2. The van der Waals surface area contributed by atoms with E-state index in [0.717, 1.165) is 33.5 Å². The van der Waals surface area contributed by atoms with Crippen molar-refractivity contribution in [1.29, 1.82) is 0 Å². The van der Waals surface area contributed by atoms with Crippen molar-refractivity contribution in [1.82, 2.24) is 4.57 Å². The molecule has 2 aromatic carbocycles. The van der Waals surface area contributed by atoms with Gasteiger partial charge in [0.15, 0.2) is 0 Å². The molecular weight excluding hydrogens is 429 g/mol. The van der Waals surface area contributed by atoms with Crippen LogP contribution < -0.4 is 14.5 Å². The fourth-order valence-corrected chi connectivity index (χ4v) is 5.49. The van der Waals surface area contributed by atoms with Gasteiger partial charge < -0.3 is 5.32 Å². The Morgan fingerprint density at radius 1 is 1.17 bits per heavy atom. The fourth-order valence-electron chi connectivity index (χ4n) is 3.26. The number of benzene rings is 2. The first-order valence-electron chi connectivity index (χ1n) is 9.20. The second-order valence-corrected chi connectivity index (χ2v) is 10.0. The highest BCUT2D eigenvalue weighted by molar-refractivity contribution is 7.92. The van der Waals surface area contributed by atoms with Crippen molar-refractivity contribution in [3.63, 3.8) is 0 Å². The van der Waals surface area contributed by atoms with Gasteiger partial charge in [0, 0.05) is 11.7 Å². The molecule has 0 fully saturated rings. The number of fused-ring (bicyclic) bond motifs is 1. The Bertz CT molecular complexity index is 1260. The van der Waals surface area contributed by atoms with Crippen molar-refractivity contribution in [3.8, 4) is 0 Å². The van der Waals surface area contributed by atoms with Crippen LogP contribution in [0, 0.1) is 5.82 Å². The van der Waals surface area contributed by atoms with Crippen LogP contribution in [0.4, 0.5) is 15.8 Å². The maximum atomic E-state index is 14.2. The van der Waals surface area contributed by atoms with Gasteiger partial charge in [-0.2, -0.15) is 0 Å². The molecule has 7 nitrogen and oxygen atoms in total. The van der Waals surface area contributed by atoms with Crippen LogP contribution in [-0.4, -0.2) is 31.2 Å². The average Bonchev–Trinajstić information content (AvgIpc) is 2.97. The molecule has 0 saturated carbocycles. The molecule has 0 saturated heterocycles. The van der Waals surface area contributed by atoms with Crippen LogP contribution in [0.3, 0.4) is 0 Å². The molecule has 0 aliphatic carbocycles. The number of para-hydroxylation sites is 1. The van der Waals surface area contributed by atoms with Crippen molar-refractivity contribution < 1.29 is 17.6 Å². The van der Waals surface area contributed by atoms with Gasteiger partial charge in [-0.05, 0) is 51.1 Å². The maximum Gasteiger partial charge on any atom is 0.308 e. The summed E-state index contributed by atoms with van der Waals surface area (Å²) < 4.78 is 42.0. The van der Waals surface area contributed by atoms with E-state index in [-0.39, 0.29) is 16.6 Å². The lowest BCUT2D eigenvalue weighted by Gasteiger charge is -2.28. The van der Waals surface area contributed by atoms with E-state index in [2.05, 4.69) is 5.32 Å². The van der Waals surface area contributed by atoms with Crippen molar-refractivity contribution in [3.05, 3.63) is 57.9 Å². The largest absolute Gasteiger partial charge is 0.324 e. The van der Waals surface area contributed by atoms with Gasteiger partial charge in [0.1, 0.15) is 11.9 Å². The van der Waals surface area contributed by atoms with Gasteiger partial charge in [0.2, 0.25) is 15.9 Å². The quantitative estimate of drug-likeness (QED) is 0.621. The van der Waals surface area contributed by atoms with Crippen molar-refractivity contribution in [2.24, 2.45) is 0 Å². The Labute approximate surface area is 177 Å². The Morgan fingerprint density at radius 3 is 2.43 bits per heavy atom. The maximum absolute atomic E-state index is 14.2. The summed E-state index contributed by atoms with van der Waals surface area (Å²) >= 11 is 1.07. The second-order valence-electron chi connectivity index (χ2n) is 7.19. The summed E-state index contributed by atoms with van der Waals surface area (Å²) in [6.07, 6.45) is 0.918. The van der Waals surface area contributed by atoms with Gasteiger partial charge in [-0.25, -0.2) is 12.8 Å². The predicted octanol–water partition coefficient (Wildman–Crippen LogP) is 3.58. The molecule has 1 heterocycles. The van der Waals surface area contributed by atoms with E-state index in [0.29, 0.717) is 10.4 Å². The zero-order valence-electron chi connectivity index (χ0n) is 16.9. The number of carbonyl (C=O) groups is 1. The average molecular weight is 452 g/mol. The highest BCUT2D eigenvalue weighted by Crippen LogP contribution is 2.26. The first-order chi connectivity index (χ1) is 14.0. The van der Waals surface area contributed by atoms with Crippen LogP contribution in [0.1, 0.15) is 26.8 Å². The molecule has 30 heavy (non-hydrogen) atoms. The minimum absolute atomic E-state index is 0.00389. The normalized spacial score (nSPS) is 12.9. The number of halogens is 1. The molecular formula is C20H22FN3O4S2. The van der Waals surface area contributed by atoms with E-state index in [1.54, 1.807) is 22.8 Å². The standard InChI is InChI=1S/C20H22FN3O4S2/c1-12(2)23-17-10-9-14(11-18(17)29-20(23)26)22-19(25)13(3)24(30(4,27)28)16-8-6-5-7-15(16)21/h5-13H,1-4H3,(H,22,25)/t13-/m1/s1. The third kappa shape index (κ3) is 4.24. The van der Waals surface area contributed by atoms with Gasteiger partial charge in [0.25, 0.3) is 0 Å². The number of carbonyl (C=O) groups excluding carboxylic acids is 1. The number of hydrogen-bond acceptors (Lipinski definition) is 5. The summed E-state index contributed by atoms with van der Waals surface area (Å²) in [7, 11) is -3.93. The van der Waals surface area contributed by atoms with E-state index < -0.39 is 27.8 Å². The van der Waals surface area contributed by atoms with Gasteiger partial charge in [-0.15, -0.1) is 0 Å². The molecule has 160 valence electrons. The summed E-state index contributed by atoms with van der Waals surface area (Å²) in [4.78, 5) is 24.9. The number of sulfonamides is 1. The molecule has 1 N–H and O–H groups in total. The number of amides is 1. The molecule has 0 bridgehead atoms. The lowest BCUT2D eigenvalue weighted by molar-refractivity contribution is -0.116. The van der Waals surface area contributed by atoms with Crippen LogP contribution in [0.5, 0.6) is 0 Å². The van der Waals surface area contributed by atoms with E-state index in [4.69, 9.17) is 0 Å². The molecule has 0 unspecified atom stereocenters. The number of rotatable bonds is 6. The molecule has 10 heteroatoms. The van der Waals surface area contributed by atoms with Gasteiger partial charge in [0.05, 0.1) is 22.2 Å². The van der Waals surface area contributed by atoms with Gasteiger partial charge in [-0.3, -0.25) is 18.5 Å². The summed E-state index contributed by atoms with van der Waals surface area (Å²) in [6.45, 7) is 5.20. The number of anilines is 2. The monoisotopic (exact) mass is 451 g/mol. The highest BCUT2D eigenvalue weighted by atomic mass is 32.2. The molecule has 0 radical (unpaired) electrons. The van der Waals surface area contributed by atoms with Crippen molar-refractivity contribution >= 4 is 48.9 Å². The molecule has 3 aromatic rings. The zero-order chi connectivity index (χ0) is 22.2. The minimum Gasteiger partial charge on any atom is -0.324 e. The van der Waals surface area contributed by atoms with Crippen molar-refractivity contribution in [2.75, 3.05) is 15.9 Å². The lowest BCUT2D eigenvalue weighted by atomic mass is 10.2. The Morgan fingerprint density at radius 2 is 1.83 bits per heavy atom. The number of thiazole rings is 1.